The van der Waals surface area contributed by atoms with E-state index in [1.54, 1.807) is 7.05 Å². The molecule has 40 heavy (non-hydrogen) atoms. The number of aryl methyl sites for hydroxylation is 1. The summed E-state index contributed by atoms with van der Waals surface area (Å²) >= 11 is 6.43. The van der Waals surface area contributed by atoms with Gasteiger partial charge in [0.1, 0.15) is 5.69 Å². The lowest BCUT2D eigenvalue weighted by atomic mass is 10.1. The van der Waals surface area contributed by atoms with Crippen LogP contribution in [0.15, 0.2) is 42.7 Å². The highest BCUT2D eigenvalue weighted by molar-refractivity contribution is 6.33. The number of rotatable bonds is 10. The number of nitrogens with one attached hydrogen (secondary N) is 1. The van der Waals surface area contributed by atoms with Gasteiger partial charge in [0.2, 0.25) is 17.6 Å². The van der Waals surface area contributed by atoms with Crippen molar-refractivity contribution in [2.24, 2.45) is 7.05 Å². The van der Waals surface area contributed by atoms with Gasteiger partial charge in [-0.1, -0.05) is 29.8 Å². The maximum Gasteiger partial charge on any atom is 0.422 e. The second kappa shape index (κ2) is 11.5. The van der Waals surface area contributed by atoms with Gasteiger partial charge in [-0.25, -0.2) is 9.97 Å². The largest absolute Gasteiger partial charge is 0.466 e. The van der Waals surface area contributed by atoms with Gasteiger partial charge >= 0.3 is 11.9 Å². The Bertz CT molecular complexity index is 1540. The maximum atomic E-state index is 13.1. The predicted octanol–water partition coefficient (Wildman–Crippen LogP) is 5.27. The van der Waals surface area contributed by atoms with Gasteiger partial charge in [-0.2, -0.15) is 18.2 Å². The number of halogens is 4. The zero-order chi connectivity index (χ0) is 29.2. The number of nitro groups is 1. The Hall–Kier alpha value is -4.17. The highest BCUT2D eigenvalue weighted by atomic mass is 35.5. The number of hydrogen-bond donors (Lipinski definition) is 1. The lowest BCUT2D eigenvalue weighted by Gasteiger charge is -2.22. The molecule has 0 saturated carbocycles. The molecule has 11 nitrogen and oxygen atoms in total. The van der Waals surface area contributed by atoms with E-state index < -0.39 is 29.3 Å². The Morgan fingerprint density at radius 3 is 2.58 bits per heavy atom. The summed E-state index contributed by atoms with van der Waals surface area (Å²) in [6.07, 6.45) is -1.50. The van der Waals surface area contributed by atoms with Crippen LogP contribution in [0.5, 0.6) is 5.88 Å². The first-order chi connectivity index (χ1) is 18.8. The summed E-state index contributed by atoms with van der Waals surface area (Å²) in [5.41, 5.74) is 1.33. The number of nitrogens with zero attached hydrogens (tertiary/aromatic N) is 7. The topological polar surface area (TPSA) is 114 Å². The molecule has 1 N–H and O–H groups in total. The van der Waals surface area contributed by atoms with E-state index in [2.05, 4.69) is 20.3 Å². The standard InChI is InChI=1S/C25H26ClF3N8O3/c1-34(2)9-10-35(3)22-20(37(38)39)11-18(23(33-22)40-14-25(27,28)29)31-24-30-12-17(26)21(32-24)16-13-36(4)19-8-6-5-7-15(16)19/h5-8,11-13H,9-10,14H2,1-4H3,(H,30,31,32). The zero-order valence-electron chi connectivity index (χ0n) is 22.0. The molecule has 4 rings (SSSR count). The molecule has 0 spiro atoms. The van der Waals surface area contributed by atoms with Gasteiger partial charge in [0.25, 0.3) is 0 Å². The summed E-state index contributed by atoms with van der Waals surface area (Å²) in [6, 6.07) is 8.64. The van der Waals surface area contributed by atoms with Crippen molar-refractivity contribution < 1.29 is 22.8 Å². The van der Waals surface area contributed by atoms with Crippen molar-refractivity contribution in [1.82, 2.24) is 24.4 Å². The van der Waals surface area contributed by atoms with Crippen LogP contribution in [-0.4, -0.2) is 76.4 Å². The Balaban J connectivity index is 1.78. The Morgan fingerprint density at radius 2 is 1.90 bits per heavy atom. The van der Waals surface area contributed by atoms with Crippen molar-refractivity contribution in [3.05, 3.63) is 57.9 Å². The van der Waals surface area contributed by atoms with E-state index in [1.807, 2.05) is 61.1 Å². The highest BCUT2D eigenvalue weighted by Gasteiger charge is 2.31. The molecule has 4 aromatic rings. The second-order valence-electron chi connectivity index (χ2n) is 9.26. The molecule has 0 bridgehead atoms. The van der Waals surface area contributed by atoms with Crippen LogP contribution >= 0.6 is 11.6 Å². The van der Waals surface area contributed by atoms with Crippen molar-refractivity contribution in [2.75, 3.05) is 51.1 Å². The van der Waals surface area contributed by atoms with E-state index in [0.29, 0.717) is 24.3 Å². The van der Waals surface area contributed by atoms with Crippen molar-refractivity contribution >= 4 is 45.6 Å². The van der Waals surface area contributed by atoms with Crippen LogP contribution in [0.3, 0.4) is 0 Å². The average molecular weight is 579 g/mol. The zero-order valence-corrected chi connectivity index (χ0v) is 22.8. The minimum absolute atomic E-state index is 0.0750. The average Bonchev–Trinajstić information content (AvgIpc) is 3.23. The predicted molar refractivity (Wildman–Crippen MR) is 147 cm³/mol. The quantitative estimate of drug-likeness (QED) is 0.198. The number of pyridine rings is 1. The molecule has 0 aliphatic rings. The van der Waals surface area contributed by atoms with Crippen molar-refractivity contribution in [3.63, 3.8) is 0 Å². The number of hydrogen-bond acceptors (Lipinski definition) is 9. The van der Waals surface area contributed by atoms with Gasteiger partial charge in [0.05, 0.1) is 21.8 Å². The SMILES string of the molecule is CN(C)CCN(C)c1nc(OCC(F)(F)F)c(Nc2ncc(Cl)c(-c3cn(C)c4ccccc34)n2)cc1[N+](=O)[O-]. The fourth-order valence-corrected chi connectivity index (χ4v) is 4.16. The van der Waals surface area contributed by atoms with Gasteiger partial charge < -0.3 is 24.4 Å². The van der Waals surface area contributed by atoms with Gasteiger partial charge in [-0.3, -0.25) is 10.1 Å². The number of likely N-dealkylation sites (N-methyl/N-ethyl adjacent to an activating group) is 2. The molecule has 3 aromatic heterocycles. The highest BCUT2D eigenvalue weighted by Crippen LogP contribution is 2.38. The smallest absolute Gasteiger partial charge is 0.422 e. The molecule has 0 amide bonds. The van der Waals surface area contributed by atoms with E-state index in [4.69, 9.17) is 16.3 Å². The first kappa shape index (κ1) is 28.8. The molecule has 0 unspecified atom stereocenters. The first-order valence-corrected chi connectivity index (χ1v) is 12.3. The molecule has 0 saturated heterocycles. The van der Waals surface area contributed by atoms with Gasteiger partial charge in [-0.05, 0) is 20.2 Å². The molecule has 212 valence electrons. The van der Waals surface area contributed by atoms with E-state index in [-0.39, 0.29) is 22.5 Å². The third-order valence-corrected chi connectivity index (χ3v) is 6.18. The van der Waals surface area contributed by atoms with E-state index in [9.17, 15) is 23.3 Å². The number of alkyl halides is 3. The molecule has 3 heterocycles. The summed E-state index contributed by atoms with van der Waals surface area (Å²) in [7, 11) is 7.06. The van der Waals surface area contributed by atoms with Gasteiger partial charge in [0, 0.05) is 55.9 Å². The van der Waals surface area contributed by atoms with Crippen LogP contribution in [0.4, 0.5) is 36.3 Å². The Labute approximate surface area is 232 Å². The van der Waals surface area contributed by atoms with E-state index in [1.165, 1.54) is 11.1 Å². The molecule has 15 heteroatoms. The molecule has 0 fully saturated rings. The third-order valence-electron chi connectivity index (χ3n) is 5.90. The molecule has 1 aromatic carbocycles. The minimum Gasteiger partial charge on any atom is -0.466 e. The fraction of sp³-hybridized carbons (Fsp3) is 0.320. The monoisotopic (exact) mass is 578 g/mol. The number of aromatic nitrogens is 4. The number of fused-ring (bicyclic) bond motifs is 1. The Kier molecular flexibility index (Phi) is 8.30. The van der Waals surface area contributed by atoms with Crippen molar-refractivity contribution in [1.29, 1.82) is 0 Å². The van der Waals surface area contributed by atoms with Crippen LogP contribution in [0.2, 0.25) is 5.02 Å². The summed E-state index contributed by atoms with van der Waals surface area (Å²) in [5, 5.41) is 15.8. The molecular weight excluding hydrogens is 553 g/mol. The number of para-hydroxylation sites is 1. The van der Waals surface area contributed by atoms with Crippen molar-refractivity contribution in [3.8, 4) is 17.1 Å². The van der Waals surface area contributed by atoms with Crippen molar-refractivity contribution in [2.45, 2.75) is 6.18 Å². The molecule has 0 radical (unpaired) electrons. The molecule has 0 atom stereocenters. The van der Waals surface area contributed by atoms with E-state index in [0.717, 1.165) is 17.0 Å². The lowest BCUT2D eigenvalue weighted by Crippen LogP contribution is -2.29. The first-order valence-electron chi connectivity index (χ1n) is 11.9. The summed E-state index contributed by atoms with van der Waals surface area (Å²) in [4.78, 5) is 27.3. The molecule has 0 aliphatic heterocycles. The number of benzene rings is 1. The normalized spacial score (nSPS) is 11.7. The Morgan fingerprint density at radius 1 is 1.18 bits per heavy atom. The maximum absolute atomic E-state index is 13.1. The molecular formula is C25H26ClF3N8O3. The van der Waals surface area contributed by atoms with Gasteiger partial charge in [-0.15, -0.1) is 0 Å². The number of ether oxygens (including phenoxy) is 1. The lowest BCUT2D eigenvalue weighted by molar-refractivity contribution is -0.384. The fourth-order valence-electron chi connectivity index (χ4n) is 3.96. The van der Waals surface area contributed by atoms with E-state index >= 15 is 0 Å². The van der Waals surface area contributed by atoms with Crippen LogP contribution in [-0.2, 0) is 7.05 Å². The number of anilines is 3. The van der Waals surface area contributed by atoms with Crippen LogP contribution in [0.25, 0.3) is 22.2 Å². The summed E-state index contributed by atoms with van der Waals surface area (Å²) < 4.78 is 46.0. The molecule has 0 aliphatic carbocycles. The van der Waals surface area contributed by atoms with Crippen LogP contribution < -0.4 is 15.0 Å². The summed E-state index contributed by atoms with van der Waals surface area (Å²) in [6.45, 7) is -0.819. The van der Waals surface area contributed by atoms with Gasteiger partial charge in [0.15, 0.2) is 6.61 Å². The minimum atomic E-state index is -4.67. The van der Waals surface area contributed by atoms with Crippen LogP contribution in [0.1, 0.15) is 0 Å². The van der Waals surface area contributed by atoms with Crippen LogP contribution in [0, 0.1) is 10.1 Å². The third kappa shape index (κ3) is 6.51. The second-order valence-corrected chi connectivity index (χ2v) is 9.66. The summed E-state index contributed by atoms with van der Waals surface area (Å²) in [5.74, 6) is -0.725.